The van der Waals surface area contributed by atoms with E-state index in [1.54, 1.807) is 9.13 Å². The van der Waals surface area contributed by atoms with Crippen molar-refractivity contribution in [2.45, 2.75) is 33.0 Å². The molecular weight excluding hydrogens is 238 g/mol. The first-order chi connectivity index (χ1) is 9.15. The van der Waals surface area contributed by atoms with Crippen molar-refractivity contribution in [2.24, 2.45) is 0 Å². The van der Waals surface area contributed by atoms with Gasteiger partial charge in [-0.3, -0.25) is 9.13 Å². The summed E-state index contributed by atoms with van der Waals surface area (Å²) < 4.78 is 3.46. The van der Waals surface area contributed by atoms with Gasteiger partial charge in [-0.25, -0.2) is 4.79 Å². The molecule has 0 bridgehead atoms. The zero-order chi connectivity index (χ0) is 13.8. The molecule has 1 aromatic carbocycles. The average Bonchev–Trinajstić information content (AvgIpc) is 2.78. The van der Waals surface area contributed by atoms with Crippen molar-refractivity contribution < 1.29 is 0 Å². The minimum Gasteiger partial charge on any atom is -0.312 e. The van der Waals surface area contributed by atoms with Gasteiger partial charge in [0.05, 0.1) is 6.04 Å². The Balaban J connectivity index is 2.21. The van der Waals surface area contributed by atoms with E-state index < -0.39 is 0 Å². The molecule has 2 aromatic rings. The Morgan fingerprint density at radius 3 is 2.32 bits per heavy atom. The highest BCUT2D eigenvalue weighted by Crippen LogP contribution is 2.15. The average molecular weight is 259 g/mol. The van der Waals surface area contributed by atoms with E-state index >= 15 is 0 Å². The van der Waals surface area contributed by atoms with Crippen LogP contribution in [0.1, 0.15) is 24.1 Å². The molecule has 4 heteroatoms. The Bertz CT molecular complexity index is 580. The van der Waals surface area contributed by atoms with Crippen molar-refractivity contribution in [2.75, 3.05) is 7.05 Å². The van der Waals surface area contributed by atoms with Gasteiger partial charge in [-0.15, -0.1) is 0 Å². The molecule has 0 radical (unpaired) electrons. The molecule has 4 nitrogen and oxygen atoms in total. The van der Waals surface area contributed by atoms with E-state index in [1.165, 1.54) is 11.1 Å². The highest BCUT2D eigenvalue weighted by atomic mass is 16.1. The van der Waals surface area contributed by atoms with Gasteiger partial charge in [0.25, 0.3) is 0 Å². The van der Waals surface area contributed by atoms with E-state index in [0.29, 0.717) is 13.1 Å². The van der Waals surface area contributed by atoms with Crippen LogP contribution in [0.5, 0.6) is 0 Å². The second kappa shape index (κ2) is 5.89. The molecular formula is C15H21N3O. The standard InChI is InChI=1S/C15H21N3O/c1-4-17-9-10-18(15(17)19)11-14(16-3)13-7-5-12(2)6-8-13/h5-10,14,16H,4,11H2,1-3H3. The molecule has 1 N–H and O–H groups in total. The number of hydrogen-bond donors (Lipinski definition) is 1. The van der Waals surface area contributed by atoms with Gasteiger partial charge in [-0.05, 0) is 26.5 Å². The molecule has 0 aliphatic rings. The van der Waals surface area contributed by atoms with E-state index in [9.17, 15) is 4.79 Å². The van der Waals surface area contributed by atoms with Crippen LogP contribution in [0.15, 0.2) is 41.5 Å². The predicted molar refractivity (Wildman–Crippen MR) is 77.3 cm³/mol. The first kappa shape index (κ1) is 13.6. The molecule has 2 rings (SSSR count). The number of aryl methyl sites for hydroxylation is 2. The molecule has 0 fully saturated rings. The van der Waals surface area contributed by atoms with Crippen molar-refractivity contribution in [3.05, 3.63) is 58.3 Å². The molecule has 0 spiro atoms. The second-order valence-corrected chi connectivity index (χ2v) is 4.77. The summed E-state index contributed by atoms with van der Waals surface area (Å²) in [5.41, 5.74) is 2.49. The number of likely N-dealkylation sites (N-methyl/N-ethyl adjacent to an activating group) is 1. The van der Waals surface area contributed by atoms with Crippen LogP contribution in [0.3, 0.4) is 0 Å². The molecule has 102 valence electrons. The van der Waals surface area contributed by atoms with Gasteiger partial charge in [0.1, 0.15) is 0 Å². The highest BCUT2D eigenvalue weighted by Gasteiger charge is 2.11. The summed E-state index contributed by atoms with van der Waals surface area (Å²) in [5.74, 6) is 0. The number of benzene rings is 1. The fourth-order valence-corrected chi connectivity index (χ4v) is 2.19. The lowest BCUT2D eigenvalue weighted by Crippen LogP contribution is -2.29. The Morgan fingerprint density at radius 1 is 1.16 bits per heavy atom. The van der Waals surface area contributed by atoms with Gasteiger partial charge in [0.2, 0.25) is 0 Å². The summed E-state index contributed by atoms with van der Waals surface area (Å²) in [6, 6.07) is 8.56. The molecule has 0 amide bonds. The van der Waals surface area contributed by atoms with Crippen molar-refractivity contribution in [3.63, 3.8) is 0 Å². The Morgan fingerprint density at radius 2 is 1.79 bits per heavy atom. The Hall–Kier alpha value is -1.81. The van der Waals surface area contributed by atoms with Crippen molar-refractivity contribution in [1.29, 1.82) is 0 Å². The SMILES string of the molecule is CCn1ccn(CC(NC)c2ccc(C)cc2)c1=O. The Kier molecular flexibility index (Phi) is 4.22. The van der Waals surface area contributed by atoms with E-state index in [2.05, 4.69) is 36.5 Å². The molecule has 0 aliphatic carbocycles. The van der Waals surface area contributed by atoms with E-state index in [4.69, 9.17) is 0 Å². The Labute approximate surface area is 113 Å². The number of rotatable bonds is 5. The van der Waals surface area contributed by atoms with Crippen LogP contribution in [0.2, 0.25) is 0 Å². The van der Waals surface area contributed by atoms with Crippen molar-refractivity contribution >= 4 is 0 Å². The first-order valence-electron chi connectivity index (χ1n) is 6.65. The summed E-state index contributed by atoms with van der Waals surface area (Å²) >= 11 is 0. The molecule has 0 aliphatic heterocycles. The van der Waals surface area contributed by atoms with Crippen LogP contribution in [0, 0.1) is 6.92 Å². The predicted octanol–water partition coefficient (Wildman–Crippen LogP) is 1.94. The fourth-order valence-electron chi connectivity index (χ4n) is 2.19. The van der Waals surface area contributed by atoms with E-state index in [-0.39, 0.29) is 11.7 Å². The van der Waals surface area contributed by atoms with Gasteiger partial charge in [-0.1, -0.05) is 29.8 Å². The molecule has 1 unspecified atom stereocenters. The zero-order valence-corrected chi connectivity index (χ0v) is 11.8. The molecule has 1 aromatic heterocycles. The van der Waals surface area contributed by atoms with Gasteiger partial charge >= 0.3 is 5.69 Å². The molecule has 0 saturated carbocycles. The fraction of sp³-hybridized carbons (Fsp3) is 0.400. The third-order valence-corrected chi connectivity index (χ3v) is 3.47. The third kappa shape index (κ3) is 2.96. The first-order valence-corrected chi connectivity index (χ1v) is 6.65. The number of nitrogens with zero attached hydrogens (tertiary/aromatic N) is 2. The van der Waals surface area contributed by atoms with E-state index in [1.807, 2.05) is 26.4 Å². The lowest BCUT2D eigenvalue weighted by atomic mass is 10.1. The van der Waals surface area contributed by atoms with Gasteiger partial charge in [0.15, 0.2) is 0 Å². The van der Waals surface area contributed by atoms with Crippen LogP contribution in [0.4, 0.5) is 0 Å². The van der Waals surface area contributed by atoms with Crippen LogP contribution < -0.4 is 11.0 Å². The molecule has 19 heavy (non-hydrogen) atoms. The van der Waals surface area contributed by atoms with Gasteiger partial charge in [-0.2, -0.15) is 0 Å². The van der Waals surface area contributed by atoms with Crippen LogP contribution in [0.25, 0.3) is 0 Å². The molecule has 1 heterocycles. The molecule has 1 atom stereocenters. The van der Waals surface area contributed by atoms with Crippen molar-refractivity contribution in [3.8, 4) is 0 Å². The van der Waals surface area contributed by atoms with Crippen molar-refractivity contribution in [1.82, 2.24) is 14.5 Å². The zero-order valence-electron chi connectivity index (χ0n) is 11.8. The second-order valence-electron chi connectivity index (χ2n) is 4.77. The minimum atomic E-state index is 0.0508. The maximum absolute atomic E-state index is 12.0. The number of aromatic nitrogens is 2. The van der Waals surface area contributed by atoms with Gasteiger partial charge in [0, 0.05) is 25.5 Å². The van der Waals surface area contributed by atoms with Crippen LogP contribution in [-0.2, 0) is 13.1 Å². The summed E-state index contributed by atoms with van der Waals surface area (Å²) in [5, 5.41) is 3.27. The maximum atomic E-state index is 12.0. The lowest BCUT2D eigenvalue weighted by molar-refractivity contribution is 0.485. The van der Waals surface area contributed by atoms with E-state index in [0.717, 1.165) is 0 Å². The normalized spacial score (nSPS) is 12.6. The quantitative estimate of drug-likeness (QED) is 0.891. The minimum absolute atomic E-state index is 0.0508. The van der Waals surface area contributed by atoms with Gasteiger partial charge < -0.3 is 5.32 Å². The lowest BCUT2D eigenvalue weighted by Gasteiger charge is -2.17. The number of imidazole rings is 1. The monoisotopic (exact) mass is 259 g/mol. The number of nitrogens with one attached hydrogen (secondary N) is 1. The van der Waals surface area contributed by atoms with Crippen LogP contribution >= 0.6 is 0 Å². The summed E-state index contributed by atoms with van der Waals surface area (Å²) in [7, 11) is 1.92. The molecule has 0 saturated heterocycles. The highest BCUT2D eigenvalue weighted by molar-refractivity contribution is 5.24. The number of hydrogen-bond acceptors (Lipinski definition) is 2. The van der Waals surface area contributed by atoms with Crippen LogP contribution in [-0.4, -0.2) is 16.2 Å². The summed E-state index contributed by atoms with van der Waals surface area (Å²) in [6.07, 6.45) is 3.69. The maximum Gasteiger partial charge on any atom is 0.328 e. The smallest absolute Gasteiger partial charge is 0.312 e. The summed E-state index contributed by atoms with van der Waals surface area (Å²) in [4.78, 5) is 12.0. The topological polar surface area (TPSA) is 39.0 Å². The summed E-state index contributed by atoms with van der Waals surface area (Å²) in [6.45, 7) is 5.40. The largest absolute Gasteiger partial charge is 0.328 e. The third-order valence-electron chi connectivity index (χ3n) is 3.47.